The van der Waals surface area contributed by atoms with E-state index >= 15 is 0 Å². The maximum Gasteiger partial charge on any atom is 0.0198 e. The molecule has 25 heavy (non-hydrogen) atoms. The molecule has 4 aliphatic carbocycles. The Labute approximate surface area is 155 Å². The third-order valence-corrected chi connectivity index (χ3v) is 7.37. The van der Waals surface area contributed by atoms with Crippen LogP contribution in [0, 0.1) is 11.8 Å². The van der Waals surface area contributed by atoms with Crippen molar-refractivity contribution >= 4 is 11.8 Å². The van der Waals surface area contributed by atoms with Crippen LogP contribution in [0.3, 0.4) is 0 Å². The van der Waals surface area contributed by atoms with Gasteiger partial charge in [0, 0.05) is 16.7 Å². The van der Waals surface area contributed by atoms with Crippen LogP contribution in [0.4, 0.5) is 0 Å². The first-order chi connectivity index (χ1) is 12.4. The van der Waals surface area contributed by atoms with Gasteiger partial charge >= 0.3 is 0 Å². The Hall–Kier alpha value is -1.73. The molecule has 0 aromatic carbocycles. The van der Waals surface area contributed by atoms with Crippen molar-refractivity contribution in [1.29, 1.82) is 0 Å². The lowest BCUT2D eigenvalue weighted by Gasteiger charge is -2.27. The monoisotopic (exact) mass is 344 g/mol. The maximum atomic E-state index is 2.42. The van der Waals surface area contributed by atoms with E-state index in [0.29, 0.717) is 11.8 Å². The van der Waals surface area contributed by atoms with E-state index in [1.54, 1.807) is 32.1 Å². The Kier molecular flexibility index (Phi) is 4.06. The van der Waals surface area contributed by atoms with Gasteiger partial charge in [0.05, 0.1) is 0 Å². The summed E-state index contributed by atoms with van der Waals surface area (Å²) in [5.74, 6) is 1.18. The normalized spacial score (nSPS) is 30.4. The molecule has 5 rings (SSSR count). The molecular formula is C24H24S. The molecule has 0 nitrogen and oxygen atoms in total. The van der Waals surface area contributed by atoms with Crippen LogP contribution >= 0.6 is 11.8 Å². The van der Waals surface area contributed by atoms with Gasteiger partial charge in [0.2, 0.25) is 0 Å². The van der Waals surface area contributed by atoms with Crippen molar-refractivity contribution < 1.29 is 0 Å². The van der Waals surface area contributed by atoms with Crippen molar-refractivity contribution in [1.82, 2.24) is 0 Å². The van der Waals surface area contributed by atoms with E-state index < -0.39 is 0 Å². The molecule has 0 spiro atoms. The molecular weight excluding hydrogens is 320 g/mol. The summed E-state index contributed by atoms with van der Waals surface area (Å²) >= 11 is 2.09. The predicted molar refractivity (Wildman–Crippen MR) is 109 cm³/mol. The lowest BCUT2D eigenvalue weighted by Crippen LogP contribution is -2.13. The average Bonchev–Trinajstić information content (AvgIpc) is 3.07. The molecule has 5 aliphatic rings. The summed E-state index contributed by atoms with van der Waals surface area (Å²) in [6, 6.07) is 0. The van der Waals surface area contributed by atoms with Crippen molar-refractivity contribution in [2.24, 2.45) is 11.8 Å². The standard InChI is InChI=1S/C24H24S/c1-2-8-17(9-3-1)18-10-6-11-19(16-18)20-13-7-14-22-21-12-4-5-15-23(21)25-24(20)22/h1-2,4,6-8,10-13,19,22H,3,5,9,14-16H2. The molecule has 0 N–H and O–H groups in total. The Morgan fingerprint density at radius 2 is 1.72 bits per heavy atom. The van der Waals surface area contributed by atoms with Crippen LogP contribution in [0.1, 0.15) is 38.5 Å². The van der Waals surface area contributed by atoms with E-state index in [1.165, 1.54) is 32.1 Å². The molecule has 1 heteroatoms. The fraction of sp³-hybridized carbons (Fsp3) is 0.333. The highest BCUT2D eigenvalue weighted by Crippen LogP contribution is 2.55. The Balaban J connectivity index is 1.44. The van der Waals surface area contributed by atoms with E-state index in [0.717, 1.165) is 6.42 Å². The first-order valence-corrected chi connectivity index (χ1v) is 10.4. The zero-order valence-corrected chi connectivity index (χ0v) is 15.4. The molecule has 2 unspecified atom stereocenters. The van der Waals surface area contributed by atoms with Crippen molar-refractivity contribution in [3.8, 4) is 0 Å². The van der Waals surface area contributed by atoms with Crippen molar-refractivity contribution in [2.75, 3.05) is 0 Å². The highest BCUT2D eigenvalue weighted by molar-refractivity contribution is 8.07. The van der Waals surface area contributed by atoms with Gasteiger partial charge in [0.1, 0.15) is 0 Å². The predicted octanol–water partition coefficient (Wildman–Crippen LogP) is 6.95. The molecule has 0 aromatic rings. The van der Waals surface area contributed by atoms with Gasteiger partial charge in [-0.25, -0.2) is 0 Å². The number of allylic oxidation sites excluding steroid dienone is 16. The molecule has 0 aromatic heterocycles. The molecule has 0 amide bonds. The number of fused-ring (bicyclic) bond motifs is 2. The first kappa shape index (κ1) is 15.5. The second-order valence-corrected chi connectivity index (χ2v) is 8.61. The third kappa shape index (κ3) is 2.79. The smallest absolute Gasteiger partial charge is 0.0198 e. The average molecular weight is 345 g/mol. The van der Waals surface area contributed by atoms with Gasteiger partial charge in [0.25, 0.3) is 0 Å². The van der Waals surface area contributed by atoms with Crippen LogP contribution in [-0.4, -0.2) is 0 Å². The molecule has 2 atom stereocenters. The first-order valence-electron chi connectivity index (χ1n) is 9.61. The quantitative estimate of drug-likeness (QED) is 0.522. The van der Waals surface area contributed by atoms with Gasteiger partial charge < -0.3 is 0 Å². The Morgan fingerprint density at radius 1 is 0.840 bits per heavy atom. The summed E-state index contributed by atoms with van der Waals surface area (Å²) in [6.07, 6.45) is 30.7. The fourth-order valence-electron chi connectivity index (χ4n) is 4.64. The second-order valence-electron chi connectivity index (χ2n) is 7.48. The highest BCUT2D eigenvalue weighted by atomic mass is 32.2. The highest BCUT2D eigenvalue weighted by Gasteiger charge is 2.34. The van der Waals surface area contributed by atoms with Crippen molar-refractivity contribution in [3.63, 3.8) is 0 Å². The summed E-state index contributed by atoms with van der Waals surface area (Å²) in [6.45, 7) is 0. The third-order valence-electron chi connectivity index (χ3n) is 5.94. The lowest BCUT2D eigenvalue weighted by atomic mass is 9.78. The number of rotatable bonds is 2. The number of thioether (sulfide) groups is 1. The molecule has 0 bridgehead atoms. The fourth-order valence-corrected chi connectivity index (χ4v) is 6.16. The Bertz CT molecular complexity index is 835. The van der Waals surface area contributed by atoms with Gasteiger partial charge in [-0.15, -0.1) is 0 Å². The summed E-state index contributed by atoms with van der Waals surface area (Å²) in [5.41, 5.74) is 6.28. The number of hydrogen-bond acceptors (Lipinski definition) is 1. The zero-order valence-electron chi connectivity index (χ0n) is 14.6. The van der Waals surface area contributed by atoms with Crippen LogP contribution in [-0.2, 0) is 0 Å². The minimum atomic E-state index is 0.540. The topological polar surface area (TPSA) is 0 Å². The summed E-state index contributed by atoms with van der Waals surface area (Å²) in [5, 5.41) is 0. The van der Waals surface area contributed by atoms with Crippen LogP contribution in [0.15, 0.2) is 92.9 Å². The van der Waals surface area contributed by atoms with Crippen LogP contribution < -0.4 is 0 Å². The van der Waals surface area contributed by atoms with Gasteiger partial charge in [-0.3, -0.25) is 0 Å². The van der Waals surface area contributed by atoms with Gasteiger partial charge in [-0.1, -0.05) is 72.5 Å². The second kappa shape index (κ2) is 6.53. The van der Waals surface area contributed by atoms with Crippen molar-refractivity contribution in [3.05, 3.63) is 92.9 Å². The van der Waals surface area contributed by atoms with E-state index in [1.807, 2.05) is 0 Å². The molecule has 0 saturated carbocycles. The zero-order chi connectivity index (χ0) is 16.6. The molecule has 0 saturated heterocycles. The Morgan fingerprint density at radius 3 is 2.64 bits per heavy atom. The maximum absolute atomic E-state index is 2.42. The van der Waals surface area contributed by atoms with Crippen LogP contribution in [0.5, 0.6) is 0 Å². The molecule has 1 heterocycles. The van der Waals surface area contributed by atoms with Gasteiger partial charge in [0.15, 0.2) is 0 Å². The molecule has 0 fully saturated rings. The van der Waals surface area contributed by atoms with Crippen molar-refractivity contribution in [2.45, 2.75) is 38.5 Å². The van der Waals surface area contributed by atoms with Gasteiger partial charge in [-0.05, 0) is 65.7 Å². The van der Waals surface area contributed by atoms with E-state index in [9.17, 15) is 0 Å². The van der Waals surface area contributed by atoms with E-state index in [4.69, 9.17) is 0 Å². The largest absolute Gasteiger partial charge is 0.0977 e. The van der Waals surface area contributed by atoms with E-state index in [-0.39, 0.29) is 0 Å². The molecule has 1 aliphatic heterocycles. The summed E-state index contributed by atoms with van der Waals surface area (Å²) in [4.78, 5) is 3.28. The minimum absolute atomic E-state index is 0.540. The lowest BCUT2D eigenvalue weighted by molar-refractivity contribution is 0.695. The van der Waals surface area contributed by atoms with E-state index in [2.05, 4.69) is 72.5 Å². The van der Waals surface area contributed by atoms with Crippen LogP contribution in [0.25, 0.3) is 0 Å². The summed E-state index contributed by atoms with van der Waals surface area (Å²) < 4.78 is 0. The van der Waals surface area contributed by atoms with Gasteiger partial charge in [-0.2, -0.15) is 0 Å². The number of hydrogen-bond donors (Lipinski definition) is 0. The molecule has 0 radical (unpaired) electrons. The summed E-state index contributed by atoms with van der Waals surface area (Å²) in [7, 11) is 0. The SMILES string of the molecule is C1=CCCC(C2=CC=CC(C3=C4SC5=C(C=CCC5)C4CC=C3)C2)=C1. The molecule has 126 valence electrons. The van der Waals surface area contributed by atoms with Crippen LogP contribution in [0.2, 0.25) is 0 Å². The minimum Gasteiger partial charge on any atom is -0.0977 e.